The smallest absolute Gasteiger partial charge is 0.319 e. The first-order valence-corrected chi connectivity index (χ1v) is 6.16. The van der Waals surface area contributed by atoms with Crippen molar-refractivity contribution >= 4 is 0 Å². The molecule has 1 aromatic heterocycles. The molecule has 0 aromatic carbocycles. The Kier molecular flexibility index (Phi) is 7.06. The summed E-state index contributed by atoms with van der Waals surface area (Å²) in [4.78, 5) is 8.17. The first-order chi connectivity index (χ1) is 8.36. The molecular weight excluding hydrogens is 218 g/mol. The Bertz CT molecular complexity index is 308. The molecule has 1 aromatic rings. The zero-order chi connectivity index (χ0) is 12.3. The van der Waals surface area contributed by atoms with Gasteiger partial charge in [-0.05, 0) is 19.4 Å². The molecule has 0 unspecified atom stereocenters. The van der Waals surface area contributed by atoms with Gasteiger partial charge in [0, 0.05) is 18.8 Å². The molecule has 0 aliphatic rings. The van der Waals surface area contributed by atoms with Crippen LogP contribution in [0.2, 0.25) is 0 Å². The van der Waals surface area contributed by atoms with Gasteiger partial charge in [0.2, 0.25) is 5.88 Å². The van der Waals surface area contributed by atoms with Crippen molar-refractivity contribution in [3.05, 3.63) is 12.3 Å². The van der Waals surface area contributed by atoms with Crippen LogP contribution in [0.25, 0.3) is 0 Å². The summed E-state index contributed by atoms with van der Waals surface area (Å²) in [5.74, 6) is 0.568. The Hall–Kier alpha value is -1.36. The van der Waals surface area contributed by atoms with E-state index in [2.05, 4.69) is 29.1 Å². The van der Waals surface area contributed by atoms with Crippen LogP contribution in [-0.2, 0) is 0 Å². The van der Waals surface area contributed by atoms with E-state index in [1.807, 2.05) is 0 Å². The fourth-order valence-electron chi connectivity index (χ4n) is 1.20. The average molecular weight is 239 g/mol. The van der Waals surface area contributed by atoms with Crippen molar-refractivity contribution in [3.8, 4) is 11.9 Å². The Morgan fingerprint density at radius 1 is 1.12 bits per heavy atom. The standard InChI is InChI=1S/C12H21N3O2/c1-3-6-13-8-10-17-12-14-7-5-11(15-12)16-9-4-2/h5,7,13H,3-4,6,8-10H2,1-2H3. The van der Waals surface area contributed by atoms with Gasteiger partial charge in [-0.2, -0.15) is 4.98 Å². The lowest BCUT2D eigenvalue weighted by Gasteiger charge is -2.07. The van der Waals surface area contributed by atoms with Crippen molar-refractivity contribution < 1.29 is 9.47 Å². The third-order valence-electron chi connectivity index (χ3n) is 2.00. The first-order valence-electron chi connectivity index (χ1n) is 6.16. The third-order valence-corrected chi connectivity index (χ3v) is 2.00. The predicted octanol–water partition coefficient (Wildman–Crippen LogP) is 1.64. The van der Waals surface area contributed by atoms with E-state index in [-0.39, 0.29) is 0 Å². The number of hydrogen-bond acceptors (Lipinski definition) is 5. The number of hydrogen-bond donors (Lipinski definition) is 1. The zero-order valence-electron chi connectivity index (χ0n) is 10.6. The lowest BCUT2D eigenvalue weighted by Crippen LogP contribution is -2.22. The maximum Gasteiger partial charge on any atom is 0.319 e. The Morgan fingerprint density at radius 3 is 2.76 bits per heavy atom. The monoisotopic (exact) mass is 239 g/mol. The maximum atomic E-state index is 5.41. The second-order valence-corrected chi connectivity index (χ2v) is 3.62. The third kappa shape index (κ3) is 6.06. The summed E-state index contributed by atoms with van der Waals surface area (Å²) in [6, 6.07) is 2.11. The van der Waals surface area contributed by atoms with Gasteiger partial charge in [-0.3, -0.25) is 0 Å². The van der Waals surface area contributed by atoms with Gasteiger partial charge in [0.1, 0.15) is 6.61 Å². The SMILES string of the molecule is CCCNCCOc1nccc(OCCC)n1. The van der Waals surface area contributed by atoms with Gasteiger partial charge in [0.25, 0.3) is 0 Å². The number of rotatable bonds is 9. The summed E-state index contributed by atoms with van der Waals surface area (Å²) in [5, 5.41) is 3.24. The van der Waals surface area contributed by atoms with Crippen molar-refractivity contribution in [3.63, 3.8) is 0 Å². The van der Waals surface area contributed by atoms with Crippen LogP contribution in [0.15, 0.2) is 12.3 Å². The minimum Gasteiger partial charge on any atom is -0.478 e. The highest BCUT2D eigenvalue weighted by molar-refractivity contribution is 5.10. The number of nitrogens with one attached hydrogen (secondary N) is 1. The summed E-state index contributed by atoms with van der Waals surface area (Å²) >= 11 is 0. The van der Waals surface area contributed by atoms with E-state index >= 15 is 0 Å². The average Bonchev–Trinajstić information content (AvgIpc) is 2.37. The van der Waals surface area contributed by atoms with Crippen LogP contribution in [0, 0.1) is 0 Å². The summed E-state index contributed by atoms with van der Waals surface area (Å²) in [5.41, 5.74) is 0. The predicted molar refractivity (Wildman–Crippen MR) is 66.5 cm³/mol. The molecule has 0 aliphatic heterocycles. The summed E-state index contributed by atoms with van der Waals surface area (Å²) in [6.07, 6.45) is 3.73. The number of aromatic nitrogens is 2. The van der Waals surface area contributed by atoms with Gasteiger partial charge in [-0.1, -0.05) is 13.8 Å². The lowest BCUT2D eigenvalue weighted by molar-refractivity contribution is 0.269. The Balaban J connectivity index is 2.27. The van der Waals surface area contributed by atoms with Crippen LogP contribution < -0.4 is 14.8 Å². The molecule has 0 atom stereocenters. The highest BCUT2D eigenvalue weighted by atomic mass is 16.5. The largest absolute Gasteiger partial charge is 0.478 e. The molecule has 0 saturated heterocycles. The fraction of sp³-hybridized carbons (Fsp3) is 0.667. The van der Waals surface area contributed by atoms with Crippen molar-refractivity contribution in [2.24, 2.45) is 0 Å². The van der Waals surface area contributed by atoms with Crippen LogP contribution >= 0.6 is 0 Å². The van der Waals surface area contributed by atoms with Crippen molar-refractivity contribution in [1.82, 2.24) is 15.3 Å². The van der Waals surface area contributed by atoms with E-state index in [9.17, 15) is 0 Å². The zero-order valence-corrected chi connectivity index (χ0v) is 10.6. The number of nitrogens with zero attached hydrogens (tertiary/aromatic N) is 2. The molecule has 5 nitrogen and oxygen atoms in total. The Labute approximate surface area is 103 Å². The molecule has 5 heteroatoms. The summed E-state index contributed by atoms with van der Waals surface area (Å²) in [6.45, 7) is 7.22. The molecule has 96 valence electrons. The quantitative estimate of drug-likeness (QED) is 0.664. The summed E-state index contributed by atoms with van der Waals surface area (Å²) in [7, 11) is 0. The first kappa shape index (κ1) is 13.7. The van der Waals surface area contributed by atoms with Crippen molar-refractivity contribution in [2.45, 2.75) is 26.7 Å². The minimum atomic E-state index is 0.372. The molecule has 0 amide bonds. The molecular formula is C12H21N3O2. The van der Waals surface area contributed by atoms with Gasteiger partial charge in [0.15, 0.2) is 0 Å². The second-order valence-electron chi connectivity index (χ2n) is 3.62. The molecule has 0 aliphatic carbocycles. The van der Waals surface area contributed by atoms with Crippen LogP contribution in [0.1, 0.15) is 26.7 Å². The van der Waals surface area contributed by atoms with Crippen LogP contribution in [0.4, 0.5) is 0 Å². The Morgan fingerprint density at radius 2 is 2.00 bits per heavy atom. The number of ether oxygens (including phenoxy) is 2. The molecule has 0 bridgehead atoms. The highest BCUT2D eigenvalue weighted by Gasteiger charge is 2.00. The molecule has 1 heterocycles. The molecule has 17 heavy (non-hydrogen) atoms. The topological polar surface area (TPSA) is 56.3 Å². The highest BCUT2D eigenvalue weighted by Crippen LogP contribution is 2.09. The second kappa shape index (κ2) is 8.75. The van der Waals surface area contributed by atoms with E-state index in [4.69, 9.17) is 9.47 Å². The van der Waals surface area contributed by atoms with Gasteiger partial charge in [-0.25, -0.2) is 4.98 Å². The van der Waals surface area contributed by atoms with Crippen LogP contribution in [-0.4, -0.2) is 36.3 Å². The van der Waals surface area contributed by atoms with E-state index in [0.717, 1.165) is 25.9 Å². The molecule has 0 radical (unpaired) electrons. The molecule has 0 fully saturated rings. The van der Waals surface area contributed by atoms with Gasteiger partial charge in [0.05, 0.1) is 6.61 Å². The van der Waals surface area contributed by atoms with Crippen LogP contribution in [0.5, 0.6) is 11.9 Å². The fourth-order valence-corrected chi connectivity index (χ4v) is 1.20. The molecule has 0 saturated carbocycles. The van der Waals surface area contributed by atoms with Gasteiger partial charge in [-0.15, -0.1) is 0 Å². The van der Waals surface area contributed by atoms with Gasteiger partial charge < -0.3 is 14.8 Å². The molecule has 1 N–H and O–H groups in total. The van der Waals surface area contributed by atoms with E-state index in [1.54, 1.807) is 12.3 Å². The maximum absolute atomic E-state index is 5.41. The van der Waals surface area contributed by atoms with Crippen molar-refractivity contribution in [1.29, 1.82) is 0 Å². The van der Waals surface area contributed by atoms with Crippen molar-refractivity contribution in [2.75, 3.05) is 26.3 Å². The summed E-state index contributed by atoms with van der Waals surface area (Å²) < 4.78 is 10.8. The molecule has 1 rings (SSSR count). The van der Waals surface area contributed by atoms with Crippen LogP contribution in [0.3, 0.4) is 0 Å². The van der Waals surface area contributed by atoms with Gasteiger partial charge >= 0.3 is 6.01 Å². The molecule has 0 spiro atoms. The lowest BCUT2D eigenvalue weighted by atomic mass is 10.5. The van der Waals surface area contributed by atoms with E-state index < -0.39 is 0 Å². The van der Waals surface area contributed by atoms with E-state index in [1.165, 1.54) is 0 Å². The minimum absolute atomic E-state index is 0.372. The normalized spacial score (nSPS) is 10.2. The van der Waals surface area contributed by atoms with E-state index in [0.29, 0.717) is 25.1 Å².